The van der Waals surface area contributed by atoms with E-state index in [2.05, 4.69) is 17.9 Å². The molecular formula is C32H39Cl3N2O3S. The summed E-state index contributed by atoms with van der Waals surface area (Å²) in [7, 11) is 3.49. The fraction of sp³-hybridized carbons (Fsp3) is 0.438. The second-order valence-electron chi connectivity index (χ2n) is 10.8. The summed E-state index contributed by atoms with van der Waals surface area (Å²) in [5.74, 6) is 1.60. The summed E-state index contributed by atoms with van der Waals surface area (Å²) >= 11 is 13.2. The summed E-state index contributed by atoms with van der Waals surface area (Å²) in [5.41, 5.74) is 3.40. The van der Waals surface area contributed by atoms with Crippen molar-refractivity contribution in [2.75, 3.05) is 33.8 Å². The molecule has 1 aliphatic heterocycles. The molecule has 0 bridgehead atoms. The fourth-order valence-corrected chi connectivity index (χ4v) is 6.54. The van der Waals surface area contributed by atoms with Crippen LogP contribution in [0.25, 0.3) is 0 Å². The van der Waals surface area contributed by atoms with Crippen molar-refractivity contribution in [2.24, 2.45) is 11.8 Å². The van der Waals surface area contributed by atoms with Crippen LogP contribution in [-0.2, 0) is 22.6 Å². The highest BCUT2D eigenvalue weighted by Gasteiger charge is 2.28. The number of carbonyl (C=O) groups excluding carboxylic acids is 1. The van der Waals surface area contributed by atoms with Crippen LogP contribution in [0.5, 0.6) is 5.75 Å². The third-order valence-corrected chi connectivity index (χ3v) is 9.71. The van der Waals surface area contributed by atoms with E-state index < -0.39 is 0 Å². The van der Waals surface area contributed by atoms with Crippen LogP contribution in [0.4, 0.5) is 0 Å². The third-order valence-electron chi connectivity index (χ3n) is 8.29. The van der Waals surface area contributed by atoms with Crippen LogP contribution in [-0.4, -0.2) is 58.6 Å². The van der Waals surface area contributed by atoms with Crippen molar-refractivity contribution in [3.8, 4) is 5.75 Å². The molecular weight excluding hydrogens is 599 g/mol. The molecule has 1 amide bonds. The largest absolute Gasteiger partial charge is 0.496 e. The normalized spacial score (nSPS) is 18.3. The maximum atomic E-state index is 13.4. The van der Waals surface area contributed by atoms with Crippen LogP contribution in [0, 0.1) is 11.8 Å². The Morgan fingerprint density at radius 2 is 1.88 bits per heavy atom. The van der Waals surface area contributed by atoms with Crippen LogP contribution in [0.2, 0.25) is 10.0 Å². The van der Waals surface area contributed by atoms with Crippen molar-refractivity contribution < 1.29 is 13.7 Å². The summed E-state index contributed by atoms with van der Waals surface area (Å²) in [4.78, 5) is 18.6. The molecule has 222 valence electrons. The minimum Gasteiger partial charge on any atom is -0.496 e. The van der Waals surface area contributed by atoms with Gasteiger partial charge in [0.2, 0.25) is 5.91 Å². The van der Waals surface area contributed by atoms with Gasteiger partial charge >= 0.3 is 0 Å². The first-order valence-corrected chi connectivity index (χ1v) is 15.4. The molecule has 5 nitrogen and oxygen atoms in total. The monoisotopic (exact) mass is 636 g/mol. The molecule has 0 N–H and O–H groups in total. The highest BCUT2D eigenvalue weighted by Crippen LogP contribution is 2.34. The van der Waals surface area contributed by atoms with E-state index in [9.17, 15) is 9.00 Å². The molecule has 41 heavy (non-hydrogen) atoms. The zero-order valence-corrected chi connectivity index (χ0v) is 27.0. The number of allylic oxidation sites excluding steroid dienone is 4. The number of benzene rings is 2. The third kappa shape index (κ3) is 8.71. The lowest BCUT2D eigenvalue weighted by Gasteiger charge is -2.36. The SMILES string of the molecule is COc1ccccc1CN(C)C(=O)CC(CCN1CCC(C2=CC=CC(=S=O)C2C)CC1)c1ccc(Cl)c(Cl)c1.Cl. The Kier molecular flexibility index (Phi) is 13.0. The number of nitrogens with zero attached hydrogens (tertiary/aromatic N) is 2. The molecule has 0 radical (unpaired) electrons. The molecule has 2 aliphatic rings. The molecule has 4 rings (SSSR count). The van der Waals surface area contributed by atoms with Crippen molar-refractivity contribution in [3.05, 3.63) is 87.4 Å². The van der Waals surface area contributed by atoms with E-state index in [-0.39, 0.29) is 30.2 Å². The van der Waals surface area contributed by atoms with E-state index in [1.807, 2.05) is 61.7 Å². The number of rotatable bonds is 10. The summed E-state index contributed by atoms with van der Waals surface area (Å²) < 4.78 is 16.9. The number of para-hydroxylation sites is 1. The first kappa shape index (κ1) is 33.4. The van der Waals surface area contributed by atoms with Gasteiger partial charge in [0.25, 0.3) is 0 Å². The summed E-state index contributed by atoms with van der Waals surface area (Å²) in [5, 5.41) is 1.03. The van der Waals surface area contributed by atoms with E-state index in [4.69, 9.17) is 27.9 Å². The molecule has 1 saturated heterocycles. The van der Waals surface area contributed by atoms with Gasteiger partial charge < -0.3 is 14.5 Å². The molecule has 0 saturated carbocycles. The van der Waals surface area contributed by atoms with Gasteiger partial charge in [0.1, 0.15) is 5.75 Å². The standard InChI is InChI=1S/C32H38Cl2N2O3S.ClH/c1-22-27(8-6-10-31(22)40-38)23-13-16-36(17-14-23)18-15-25(24-11-12-28(33)29(34)19-24)20-32(37)35(2)21-26-7-4-5-9-30(26)39-3;/h4-12,19,22-23,25H,13-18,20-21H2,1-3H3;1H. The van der Waals surface area contributed by atoms with E-state index in [0.717, 1.165) is 60.6 Å². The van der Waals surface area contributed by atoms with Crippen molar-refractivity contribution in [1.82, 2.24) is 9.80 Å². The molecule has 1 fully saturated rings. The zero-order valence-electron chi connectivity index (χ0n) is 23.9. The van der Waals surface area contributed by atoms with Gasteiger partial charge in [0.15, 0.2) is 0 Å². The van der Waals surface area contributed by atoms with Gasteiger partial charge in [-0.05, 0) is 80.6 Å². The van der Waals surface area contributed by atoms with Crippen molar-refractivity contribution >= 4 is 57.6 Å². The predicted octanol–water partition coefficient (Wildman–Crippen LogP) is 7.18. The zero-order chi connectivity index (χ0) is 28.6. The lowest BCUT2D eigenvalue weighted by atomic mass is 9.79. The molecule has 0 aromatic heterocycles. The molecule has 1 aliphatic carbocycles. The maximum absolute atomic E-state index is 13.4. The molecule has 2 aromatic carbocycles. The van der Waals surface area contributed by atoms with Crippen LogP contribution in [0.3, 0.4) is 0 Å². The Morgan fingerprint density at radius 3 is 2.56 bits per heavy atom. The number of methoxy groups -OCH3 is 1. The van der Waals surface area contributed by atoms with Crippen LogP contribution in [0.15, 0.2) is 66.3 Å². The average molecular weight is 638 g/mol. The number of halogens is 3. The molecule has 2 unspecified atom stereocenters. The van der Waals surface area contributed by atoms with Gasteiger partial charge in [0.05, 0.1) is 33.3 Å². The summed E-state index contributed by atoms with van der Waals surface area (Å²) in [6.45, 7) is 5.55. The van der Waals surface area contributed by atoms with Crippen molar-refractivity contribution in [1.29, 1.82) is 0 Å². The molecule has 0 spiro atoms. The number of likely N-dealkylation sites (tertiary alicyclic amines) is 1. The highest BCUT2D eigenvalue weighted by molar-refractivity contribution is 7.67. The fourth-order valence-electron chi connectivity index (χ4n) is 5.82. The van der Waals surface area contributed by atoms with E-state index in [1.54, 1.807) is 12.0 Å². The molecule has 9 heteroatoms. The van der Waals surface area contributed by atoms with Crippen LogP contribution in [0.1, 0.15) is 49.7 Å². The van der Waals surface area contributed by atoms with Gasteiger partial charge in [-0.25, -0.2) is 4.21 Å². The summed E-state index contributed by atoms with van der Waals surface area (Å²) in [6.07, 6.45) is 9.58. The Labute approximate surface area is 264 Å². The topological polar surface area (TPSA) is 49.9 Å². The van der Waals surface area contributed by atoms with Crippen LogP contribution < -0.4 is 4.74 Å². The highest BCUT2D eigenvalue weighted by atomic mass is 35.5. The minimum absolute atomic E-state index is 0. The second-order valence-corrected chi connectivity index (χ2v) is 12.2. The number of hydrogen-bond acceptors (Lipinski definition) is 4. The first-order chi connectivity index (χ1) is 19.3. The van der Waals surface area contributed by atoms with E-state index in [0.29, 0.717) is 40.2 Å². The maximum Gasteiger partial charge on any atom is 0.223 e. The van der Waals surface area contributed by atoms with E-state index >= 15 is 0 Å². The van der Waals surface area contributed by atoms with Crippen molar-refractivity contribution in [3.63, 3.8) is 0 Å². The molecule has 1 heterocycles. The number of amides is 1. The van der Waals surface area contributed by atoms with Gasteiger partial charge in [0, 0.05) is 31.5 Å². The van der Waals surface area contributed by atoms with Gasteiger partial charge in [-0.2, -0.15) is 0 Å². The van der Waals surface area contributed by atoms with E-state index in [1.165, 1.54) is 5.57 Å². The lowest BCUT2D eigenvalue weighted by molar-refractivity contribution is -0.130. The number of hydrogen-bond donors (Lipinski definition) is 0. The smallest absolute Gasteiger partial charge is 0.223 e. The number of carbonyl (C=O) groups is 1. The Bertz CT molecular complexity index is 1320. The Morgan fingerprint density at radius 1 is 1.15 bits per heavy atom. The lowest BCUT2D eigenvalue weighted by Crippen LogP contribution is -2.37. The van der Waals surface area contributed by atoms with Crippen LogP contribution >= 0.6 is 35.6 Å². The molecule has 2 aromatic rings. The average Bonchev–Trinajstić information content (AvgIpc) is 2.97. The Balaban J connectivity index is 0.00000462. The number of ether oxygens (including phenoxy) is 1. The first-order valence-electron chi connectivity index (χ1n) is 13.9. The number of piperidine rings is 1. The second kappa shape index (κ2) is 15.9. The Hall–Kier alpha value is -2.09. The summed E-state index contributed by atoms with van der Waals surface area (Å²) in [6, 6.07) is 13.5. The van der Waals surface area contributed by atoms with Gasteiger partial charge in [-0.3, -0.25) is 4.79 Å². The minimum atomic E-state index is 0. The van der Waals surface area contributed by atoms with Crippen molar-refractivity contribution in [2.45, 2.75) is 45.1 Å². The van der Waals surface area contributed by atoms with Gasteiger partial charge in [-0.15, -0.1) is 12.4 Å². The predicted molar refractivity (Wildman–Crippen MR) is 174 cm³/mol. The quantitative estimate of drug-likeness (QED) is 0.259. The molecule has 2 atom stereocenters. The van der Waals surface area contributed by atoms with Gasteiger partial charge in [-0.1, -0.05) is 72.1 Å².